The fourth-order valence-electron chi connectivity index (χ4n) is 3.81. The Morgan fingerprint density at radius 2 is 2.03 bits per heavy atom. The zero-order chi connectivity index (χ0) is 21.1. The number of amides is 1. The molecule has 0 saturated carbocycles. The van der Waals surface area contributed by atoms with Gasteiger partial charge in [-0.3, -0.25) is 14.7 Å². The van der Waals surface area contributed by atoms with Crippen LogP contribution in [0.2, 0.25) is 0 Å². The van der Waals surface area contributed by atoms with E-state index in [0.29, 0.717) is 5.69 Å². The summed E-state index contributed by atoms with van der Waals surface area (Å²) in [7, 11) is 0. The third-order valence-electron chi connectivity index (χ3n) is 5.45. The average Bonchev–Trinajstić information content (AvgIpc) is 3.28. The van der Waals surface area contributed by atoms with Gasteiger partial charge in [-0.2, -0.15) is 0 Å². The largest absolute Gasteiger partial charge is 0.465 e. The van der Waals surface area contributed by atoms with Gasteiger partial charge in [0, 0.05) is 32.3 Å². The van der Waals surface area contributed by atoms with E-state index in [9.17, 15) is 4.79 Å². The maximum Gasteiger partial charge on any atom is 0.270 e. The van der Waals surface area contributed by atoms with E-state index < -0.39 is 0 Å². The predicted octanol–water partition coefficient (Wildman–Crippen LogP) is 2.76. The molecule has 0 radical (unpaired) electrons. The number of aromatic nitrogens is 4. The van der Waals surface area contributed by atoms with Crippen LogP contribution in [0.4, 0.5) is 0 Å². The van der Waals surface area contributed by atoms with Gasteiger partial charge in [0.15, 0.2) is 5.82 Å². The average molecular weight is 409 g/mol. The minimum Gasteiger partial charge on any atom is -0.465 e. The van der Waals surface area contributed by atoms with E-state index in [-0.39, 0.29) is 17.9 Å². The Bertz CT molecular complexity index is 994. The number of furan rings is 1. The maximum absolute atomic E-state index is 12.7. The van der Waals surface area contributed by atoms with Crippen LogP contribution in [-0.2, 0) is 19.5 Å². The van der Waals surface area contributed by atoms with Crippen molar-refractivity contribution in [2.45, 2.75) is 46.3 Å². The number of nitrogens with zero attached hydrogens (tertiary/aromatic N) is 5. The molecule has 158 valence electrons. The fraction of sp³-hybridized carbons (Fsp3) is 0.455. The highest BCUT2D eigenvalue weighted by Gasteiger charge is 2.28. The first-order valence-electron chi connectivity index (χ1n) is 10.4. The van der Waals surface area contributed by atoms with Gasteiger partial charge < -0.3 is 14.3 Å². The van der Waals surface area contributed by atoms with Crippen LogP contribution in [0.5, 0.6) is 0 Å². The number of carbonyl (C=O) groups is 1. The summed E-state index contributed by atoms with van der Waals surface area (Å²) in [5, 5.41) is 12.0. The maximum atomic E-state index is 12.7. The third kappa shape index (κ3) is 4.43. The third-order valence-corrected chi connectivity index (χ3v) is 5.45. The Morgan fingerprint density at radius 3 is 2.73 bits per heavy atom. The van der Waals surface area contributed by atoms with E-state index in [1.165, 1.54) is 0 Å². The summed E-state index contributed by atoms with van der Waals surface area (Å²) in [6.07, 6.45) is 2.43. The van der Waals surface area contributed by atoms with E-state index in [0.717, 1.165) is 55.8 Å². The van der Waals surface area contributed by atoms with Gasteiger partial charge in [-0.15, -0.1) is 10.2 Å². The van der Waals surface area contributed by atoms with Gasteiger partial charge in [0.2, 0.25) is 0 Å². The molecule has 0 aliphatic carbocycles. The summed E-state index contributed by atoms with van der Waals surface area (Å²) in [5.74, 6) is 3.64. The smallest absolute Gasteiger partial charge is 0.270 e. The van der Waals surface area contributed by atoms with Crippen molar-refractivity contribution in [3.63, 3.8) is 0 Å². The summed E-state index contributed by atoms with van der Waals surface area (Å²) in [5.41, 5.74) is 0.402. The molecule has 0 aromatic carbocycles. The van der Waals surface area contributed by atoms with Crippen molar-refractivity contribution in [3.05, 3.63) is 65.4 Å². The van der Waals surface area contributed by atoms with Gasteiger partial charge in [0.1, 0.15) is 23.0 Å². The molecule has 0 unspecified atom stereocenters. The molecule has 8 nitrogen and oxygen atoms in total. The molecule has 0 bridgehead atoms. The number of hydrogen-bond donors (Lipinski definition) is 1. The minimum atomic E-state index is -0.236. The van der Waals surface area contributed by atoms with Crippen LogP contribution in [0.15, 0.2) is 40.9 Å². The van der Waals surface area contributed by atoms with E-state index in [1.807, 2.05) is 25.1 Å². The molecule has 30 heavy (non-hydrogen) atoms. The van der Waals surface area contributed by atoms with Crippen LogP contribution in [-0.4, -0.2) is 43.6 Å². The number of fused-ring (bicyclic) bond motifs is 1. The molecular formula is C22H28N6O2. The van der Waals surface area contributed by atoms with Crippen molar-refractivity contribution in [2.75, 3.05) is 13.1 Å². The van der Waals surface area contributed by atoms with Crippen molar-refractivity contribution < 1.29 is 9.21 Å². The van der Waals surface area contributed by atoms with Gasteiger partial charge in [-0.25, -0.2) is 0 Å². The van der Waals surface area contributed by atoms with E-state index >= 15 is 0 Å². The molecule has 0 saturated heterocycles. The second-order valence-corrected chi connectivity index (χ2v) is 8.07. The highest BCUT2D eigenvalue weighted by molar-refractivity contribution is 5.92. The van der Waals surface area contributed by atoms with Crippen molar-refractivity contribution >= 4 is 5.91 Å². The summed E-state index contributed by atoms with van der Waals surface area (Å²) >= 11 is 0. The molecule has 0 fully saturated rings. The molecule has 1 atom stereocenters. The second-order valence-electron chi connectivity index (χ2n) is 8.07. The monoisotopic (exact) mass is 408 g/mol. The van der Waals surface area contributed by atoms with E-state index in [4.69, 9.17) is 4.42 Å². The van der Waals surface area contributed by atoms with Gasteiger partial charge in [-0.1, -0.05) is 19.9 Å². The van der Waals surface area contributed by atoms with Gasteiger partial charge in [0.05, 0.1) is 12.6 Å². The molecule has 3 aromatic rings. The van der Waals surface area contributed by atoms with Crippen molar-refractivity contribution in [1.82, 2.24) is 30.0 Å². The van der Waals surface area contributed by atoms with Gasteiger partial charge >= 0.3 is 0 Å². The molecule has 3 aromatic heterocycles. The normalized spacial score (nSPS) is 15.6. The lowest BCUT2D eigenvalue weighted by atomic mass is 10.0. The highest BCUT2D eigenvalue weighted by Crippen LogP contribution is 2.23. The summed E-state index contributed by atoms with van der Waals surface area (Å²) in [6, 6.07) is 9.12. The molecule has 1 N–H and O–H groups in total. The highest BCUT2D eigenvalue weighted by atomic mass is 16.3. The lowest BCUT2D eigenvalue weighted by Crippen LogP contribution is -2.34. The Balaban J connectivity index is 1.49. The predicted molar refractivity (Wildman–Crippen MR) is 112 cm³/mol. The Morgan fingerprint density at radius 1 is 1.17 bits per heavy atom. The van der Waals surface area contributed by atoms with Crippen LogP contribution in [0.1, 0.15) is 53.5 Å². The molecule has 1 amide bonds. The molecule has 4 rings (SSSR count). The summed E-state index contributed by atoms with van der Waals surface area (Å²) in [4.78, 5) is 19.2. The summed E-state index contributed by atoms with van der Waals surface area (Å²) in [6.45, 7) is 9.44. The zero-order valence-electron chi connectivity index (χ0n) is 17.7. The fourth-order valence-corrected chi connectivity index (χ4v) is 3.81. The Kier molecular flexibility index (Phi) is 5.94. The molecule has 0 spiro atoms. The first-order chi connectivity index (χ1) is 14.5. The summed E-state index contributed by atoms with van der Waals surface area (Å²) < 4.78 is 7.90. The van der Waals surface area contributed by atoms with Crippen LogP contribution < -0.4 is 5.32 Å². The minimum absolute atomic E-state index is 0.163. The van der Waals surface area contributed by atoms with Crippen LogP contribution >= 0.6 is 0 Å². The number of carbonyl (C=O) groups excluding carboxylic acids is 1. The lowest BCUT2D eigenvalue weighted by Gasteiger charge is -2.23. The number of nitrogens with one attached hydrogen (secondary N) is 1. The lowest BCUT2D eigenvalue weighted by molar-refractivity contribution is 0.0916. The zero-order valence-corrected chi connectivity index (χ0v) is 17.7. The molecular weight excluding hydrogens is 380 g/mol. The topological polar surface area (TPSA) is 89.1 Å². The van der Waals surface area contributed by atoms with Gasteiger partial charge in [0.25, 0.3) is 5.91 Å². The van der Waals surface area contributed by atoms with Crippen molar-refractivity contribution in [3.8, 4) is 0 Å². The van der Waals surface area contributed by atoms with Crippen LogP contribution in [0, 0.1) is 12.8 Å². The Labute approximate surface area is 176 Å². The Hall–Kier alpha value is -3.00. The molecule has 8 heteroatoms. The van der Waals surface area contributed by atoms with E-state index in [2.05, 4.69) is 43.8 Å². The molecule has 1 aliphatic heterocycles. The van der Waals surface area contributed by atoms with Crippen LogP contribution in [0.3, 0.4) is 0 Å². The first kappa shape index (κ1) is 20.3. The van der Waals surface area contributed by atoms with Gasteiger partial charge in [-0.05, 0) is 37.1 Å². The number of rotatable bonds is 6. The molecule has 1 aliphatic rings. The molecule has 4 heterocycles. The van der Waals surface area contributed by atoms with Crippen molar-refractivity contribution in [1.29, 1.82) is 0 Å². The standard InChI is InChI=1S/C22H28N6O2/c1-15(2)20(24-22(29)18-6-4-5-10-23-18)21-26-25-19-9-11-27(12-13-28(19)21)14-17-8-7-16(3)30-17/h4-8,10,15,20H,9,11-14H2,1-3H3,(H,24,29)/t20-/m1/s1. The number of pyridine rings is 1. The van der Waals surface area contributed by atoms with Crippen LogP contribution in [0.25, 0.3) is 0 Å². The quantitative estimate of drug-likeness (QED) is 0.675. The second kappa shape index (κ2) is 8.79. The number of hydrogen-bond acceptors (Lipinski definition) is 6. The van der Waals surface area contributed by atoms with E-state index in [1.54, 1.807) is 18.3 Å². The van der Waals surface area contributed by atoms with Crippen molar-refractivity contribution in [2.24, 2.45) is 5.92 Å². The first-order valence-corrected chi connectivity index (χ1v) is 10.4. The SMILES string of the molecule is Cc1ccc(CN2CCc3nnc([C@H](NC(=O)c4ccccn4)C(C)C)n3CC2)o1. The number of aryl methyl sites for hydroxylation is 1.